The average Bonchev–Trinajstić information content (AvgIpc) is 2.29. The molecule has 1 rings (SSSR count). The highest BCUT2D eigenvalue weighted by atomic mass is 16.3. The number of hydrogen-bond donors (Lipinski definition) is 2. The van der Waals surface area contributed by atoms with Crippen molar-refractivity contribution in [1.82, 2.24) is 4.98 Å². The van der Waals surface area contributed by atoms with Crippen molar-refractivity contribution in [3.05, 3.63) is 30.1 Å². The van der Waals surface area contributed by atoms with E-state index in [0.29, 0.717) is 12.8 Å². The molecule has 0 aromatic carbocycles. The summed E-state index contributed by atoms with van der Waals surface area (Å²) in [5.41, 5.74) is 1.15. The Hall–Kier alpha value is -0.930. The van der Waals surface area contributed by atoms with Crippen molar-refractivity contribution < 1.29 is 10.2 Å². The van der Waals surface area contributed by atoms with Crippen molar-refractivity contribution in [2.24, 2.45) is 0 Å². The van der Waals surface area contributed by atoms with E-state index < -0.39 is 12.2 Å². The molecule has 15 heavy (non-hydrogen) atoms. The summed E-state index contributed by atoms with van der Waals surface area (Å²) >= 11 is 0. The van der Waals surface area contributed by atoms with E-state index >= 15 is 0 Å². The van der Waals surface area contributed by atoms with Crippen molar-refractivity contribution in [2.45, 2.75) is 44.8 Å². The van der Waals surface area contributed by atoms with Gasteiger partial charge in [-0.05, 0) is 36.5 Å². The minimum atomic E-state index is -0.641. The van der Waals surface area contributed by atoms with Gasteiger partial charge in [-0.1, -0.05) is 13.8 Å². The Labute approximate surface area is 90.8 Å². The second-order valence-corrected chi connectivity index (χ2v) is 3.96. The Morgan fingerprint density at radius 3 is 2.33 bits per heavy atom. The lowest BCUT2D eigenvalue weighted by molar-refractivity contribution is 0.00953. The van der Waals surface area contributed by atoms with Gasteiger partial charge in [0, 0.05) is 12.4 Å². The molecule has 0 aliphatic rings. The molecule has 0 bridgehead atoms. The fourth-order valence-corrected chi connectivity index (χ4v) is 1.62. The SMILES string of the molecule is CCC(O)C(O)CC(C)c1ccncc1. The molecule has 0 fully saturated rings. The molecule has 0 amide bonds. The van der Waals surface area contributed by atoms with Crippen LogP contribution in [0, 0.1) is 0 Å². The molecule has 3 atom stereocenters. The van der Waals surface area contributed by atoms with Crippen LogP contribution in [-0.2, 0) is 0 Å². The lowest BCUT2D eigenvalue weighted by atomic mass is 9.93. The van der Waals surface area contributed by atoms with Crippen molar-refractivity contribution in [3.63, 3.8) is 0 Å². The molecule has 0 spiro atoms. The third-order valence-corrected chi connectivity index (χ3v) is 2.73. The van der Waals surface area contributed by atoms with Crippen LogP contribution in [0.15, 0.2) is 24.5 Å². The van der Waals surface area contributed by atoms with Gasteiger partial charge < -0.3 is 10.2 Å². The molecule has 3 heteroatoms. The van der Waals surface area contributed by atoms with E-state index in [1.807, 2.05) is 26.0 Å². The fraction of sp³-hybridized carbons (Fsp3) is 0.583. The van der Waals surface area contributed by atoms with E-state index in [2.05, 4.69) is 4.98 Å². The summed E-state index contributed by atoms with van der Waals surface area (Å²) in [5.74, 6) is 0.240. The number of pyridine rings is 1. The summed E-state index contributed by atoms with van der Waals surface area (Å²) in [7, 11) is 0. The molecule has 0 aliphatic carbocycles. The van der Waals surface area contributed by atoms with E-state index in [1.54, 1.807) is 12.4 Å². The molecule has 0 radical (unpaired) electrons. The van der Waals surface area contributed by atoms with Crippen molar-refractivity contribution in [3.8, 4) is 0 Å². The summed E-state index contributed by atoms with van der Waals surface area (Å²) in [6, 6.07) is 3.88. The predicted octanol–water partition coefficient (Wildman–Crippen LogP) is 1.71. The second kappa shape index (κ2) is 5.83. The van der Waals surface area contributed by atoms with E-state index in [0.717, 1.165) is 5.56 Å². The maximum atomic E-state index is 9.68. The summed E-state index contributed by atoms with van der Waals surface area (Å²) in [4.78, 5) is 3.95. The number of rotatable bonds is 5. The zero-order valence-electron chi connectivity index (χ0n) is 9.30. The Morgan fingerprint density at radius 1 is 1.20 bits per heavy atom. The van der Waals surface area contributed by atoms with E-state index in [1.165, 1.54) is 0 Å². The second-order valence-electron chi connectivity index (χ2n) is 3.96. The van der Waals surface area contributed by atoms with Crippen LogP contribution in [0.2, 0.25) is 0 Å². The first-order valence-corrected chi connectivity index (χ1v) is 5.41. The van der Waals surface area contributed by atoms with Gasteiger partial charge >= 0.3 is 0 Å². The number of nitrogens with zero attached hydrogens (tertiary/aromatic N) is 1. The van der Waals surface area contributed by atoms with Gasteiger partial charge in [-0.2, -0.15) is 0 Å². The van der Waals surface area contributed by atoms with Gasteiger partial charge in [-0.15, -0.1) is 0 Å². The average molecular weight is 209 g/mol. The molecule has 1 heterocycles. The third kappa shape index (κ3) is 3.61. The fourth-order valence-electron chi connectivity index (χ4n) is 1.62. The largest absolute Gasteiger partial charge is 0.390 e. The lowest BCUT2D eigenvalue weighted by Crippen LogP contribution is -2.26. The summed E-state index contributed by atoms with van der Waals surface area (Å²) in [6.07, 6.45) is 3.40. The molecule has 0 saturated heterocycles. The number of aromatic nitrogens is 1. The standard InChI is InChI=1S/C12H19NO2/c1-3-11(14)12(15)8-9(2)10-4-6-13-7-5-10/h4-7,9,11-12,14-15H,3,8H2,1-2H3. The van der Waals surface area contributed by atoms with E-state index in [4.69, 9.17) is 0 Å². The summed E-state index contributed by atoms with van der Waals surface area (Å²) in [6.45, 7) is 3.91. The number of aliphatic hydroxyl groups excluding tert-OH is 2. The molecular formula is C12H19NO2. The molecule has 0 aliphatic heterocycles. The maximum Gasteiger partial charge on any atom is 0.0804 e. The number of aliphatic hydroxyl groups is 2. The molecule has 3 unspecified atom stereocenters. The van der Waals surface area contributed by atoms with Crippen molar-refractivity contribution in [2.75, 3.05) is 0 Å². The molecule has 84 valence electrons. The quantitative estimate of drug-likeness (QED) is 0.776. The van der Waals surface area contributed by atoms with Crippen LogP contribution in [0.3, 0.4) is 0 Å². The predicted molar refractivity (Wildman–Crippen MR) is 59.6 cm³/mol. The van der Waals surface area contributed by atoms with Crippen LogP contribution in [0.4, 0.5) is 0 Å². The maximum absolute atomic E-state index is 9.68. The smallest absolute Gasteiger partial charge is 0.0804 e. The molecule has 1 aromatic rings. The highest BCUT2D eigenvalue weighted by Crippen LogP contribution is 2.21. The lowest BCUT2D eigenvalue weighted by Gasteiger charge is -2.20. The van der Waals surface area contributed by atoms with Crippen LogP contribution in [0.1, 0.15) is 38.2 Å². The third-order valence-electron chi connectivity index (χ3n) is 2.73. The van der Waals surface area contributed by atoms with Gasteiger partial charge in [0.25, 0.3) is 0 Å². The van der Waals surface area contributed by atoms with Crippen LogP contribution >= 0.6 is 0 Å². The van der Waals surface area contributed by atoms with Crippen LogP contribution in [0.5, 0.6) is 0 Å². The van der Waals surface area contributed by atoms with Gasteiger partial charge in [0.05, 0.1) is 12.2 Å². The zero-order chi connectivity index (χ0) is 11.3. The van der Waals surface area contributed by atoms with Crippen molar-refractivity contribution >= 4 is 0 Å². The minimum absolute atomic E-state index is 0.240. The van der Waals surface area contributed by atoms with E-state index in [9.17, 15) is 10.2 Å². The van der Waals surface area contributed by atoms with Gasteiger partial charge in [0.1, 0.15) is 0 Å². The summed E-state index contributed by atoms with van der Waals surface area (Å²) in [5, 5.41) is 19.1. The van der Waals surface area contributed by atoms with Gasteiger partial charge in [0.15, 0.2) is 0 Å². The Kier molecular flexibility index (Phi) is 4.72. The number of hydrogen-bond acceptors (Lipinski definition) is 3. The molecule has 2 N–H and O–H groups in total. The van der Waals surface area contributed by atoms with Crippen LogP contribution in [-0.4, -0.2) is 27.4 Å². The van der Waals surface area contributed by atoms with Crippen molar-refractivity contribution in [1.29, 1.82) is 0 Å². The Morgan fingerprint density at radius 2 is 1.80 bits per heavy atom. The van der Waals surface area contributed by atoms with Crippen LogP contribution in [0.25, 0.3) is 0 Å². The Balaban J connectivity index is 2.52. The van der Waals surface area contributed by atoms with E-state index in [-0.39, 0.29) is 5.92 Å². The first-order chi connectivity index (χ1) is 7.15. The topological polar surface area (TPSA) is 53.4 Å². The highest BCUT2D eigenvalue weighted by molar-refractivity contribution is 5.14. The van der Waals surface area contributed by atoms with Crippen LogP contribution < -0.4 is 0 Å². The monoisotopic (exact) mass is 209 g/mol. The molecular weight excluding hydrogens is 190 g/mol. The normalized spacial score (nSPS) is 17.1. The minimum Gasteiger partial charge on any atom is -0.390 e. The highest BCUT2D eigenvalue weighted by Gasteiger charge is 2.18. The first kappa shape index (κ1) is 12.1. The molecule has 3 nitrogen and oxygen atoms in total. The van der Waals surface area contributed by atoms with Gasteiger partial charge in [-0.25, -0.2) is 0 Å². The Bertz CT molecular complexity index is 276. The molecule has 0 saturated carbocycles. The summed E-state index contributed by atoms with van der Waals surface area (Å²) < 4.78 is 0. The first-order valence-electron chi connectivity index (χ1n) is 5.41. The van der Waals surface area contributed by atoms with Gasteiger partial charge in [-0.3, -0.25) is 4.98 Å². The molecule has 1 aromatic heterocycles. The van der Waals surface area contributed by atoms with Gasteiger partial charge in [0.2, 0.25) is 0 Å². The zero-order valence-corrected chi connectivity index (χ0v) is 9.30.